The van der Waals surface area contributed by atoms with E-state index in [1.54, 1.807) is 12.1 Å². The third kappa shape index (κ3) is 2.54. The largest absolute Gasteiger partial charge is 0.368 e. The van der Waals surface area contributed by atoms with E-state index < -0.39 is 16.1 Å². The topological polar surface area (TPSA) is 136 Å². The first-order chi connectivity index (χ1) is 11.0. The van der Waals surface area contributed by atoms with Crippen LogP contribution in [-0.2, 0) is 10.2 Å². The highest BCUT2D eigenvalue weighted by Crippen LogP contribution is 2.26. The van der Waals surface area contributed by atoms with Crippen molar-refractivity contribution in [3.05, 3.63) is 23.8 Å². The third-order valence-corrected chi connectivity index (χ3v) is 5.78. The SMILES string of the molecule is NNC(=O)c1cccc2c1nc(N)n2S(=O)(=O)N1CCCCC1. The summed E-state index contributed by atoms with van der Waals surface area (Å²) < 4.78 is 28.1. The summed E-state index contributed by atoms with van der Waals surface area (Å²) in [6.07, 6.45) is 2.63. The number of hydrazine groups is 1. The van der Waals surface area contributed by atoms with Crippen molar-refractivity contribution in [2.45, 2.75) is 19.3 Å². The second-order valence-corrected chi connectivity index (χ2v) is 7.13. The van der Waals surface area contributed by atoms with E-state index in [2.05, 4.69) is 4.98 Å². The Morgan fingerprint density at radius 1 is 1.22 bits per heavy atom. The van der Waals surface area contributed by atoms with Crippen LogP contribution in [0.2, 0.25) is 0 Å². The number of hydrogen-bond donors (Lipinski definition) is 3. The van der Waals surface area contributed by atoms with Gasteiger partial charge in [-0.15, -0.1) is 0 Å². The minimum Gasteiger partial charge on any atom is -0.368 e. The van der Waals surface area contributed by atoms with E-state index in [1.807, 2.05) is 5.43 Å². The smallest absolute Gasteiger partial charge is 0.310 e. The van der Waals surface area contributed by atoms with E-state index in [4.69, 9.17) is 11.6 Å². The van der Waals surface area contributed by atoms with Crippen molar-refractivity contribution in [3.63, 3.8) is 0 Å². The van der Waals surface area contributed by atoms with E-state index in [0.717, 1.165) is 23.2 Å². The van der Waals surface area contributed by atoms with Crippen LogP contribution >= 0.6 is 0 Å². The molecule has 1 aliphatic rings. The average molecular weight is 338 g/mol. The first kappa shape index (κ1) is 15.7. The number of carbonyl (C=O) groups is 1. The van der Waals surface area contributed by atoms with Crippen molar-refractivity contribution in [1.82, 2.24) is 18.7 Å². The maximum Gasteiger partial charge on any atom is 0.310 e. The number of fused-ring (bicyclic) bond motifs is 1. The van der Waals surface area contributed by atoms with Crippen molar-refractivity contribution in [2.75, 3.05) is 18.8 Å². The zero-order valence-corrected chi connectivity index (χ0v) is 13.2. The van der Waals surface area contributed by atoms with Crippen LogP contribution in [-0.4, -0.2) is 40.7 Å². The number of imidazole rings is 1. The summed E-state index contributed by atoms with van der Waals surface area (Å²) in [5.74, 6) is 4.41. The predicted octanol–water partition coefficient (Wildman–Crippen LogP) is -0.199. The van der Waals surface area contributed by atoms with Crippen LogP contribution in [0.1, 0.15) is 29.6 Å². The quantitative estimate of drug-likeness (QED) is 0.403. The zero-order valence-electron chi connectivity index (χ0n) is 12.4. The summed E-state index contributed by atoms with van der Waals surface area (Å²) in [7, 11) is -3.83. The Balaban J connectivity index is 2.18. The van der Waals surface area contributed by atoms with Gasteiger partial charge in [0.15, 0.2) is 0 Å². The number of anilines is 1. The van der Waals surface area contributed by atoms with Gasteiger partial charge < -0.3 is 5.73 Å². The molecule has 2 heterocycles. The molecule has 5 N–H and O–H groups in total. The number of hydrogen-bond acceptors (Lipinski definition) is 6. The molecule has 23 heavy (non-hydrogen) atoms. The van der Waals surface area contributed by atoms with Gasteiger partial charge in [0.05, 0.1) is 11.1 Å². The summed E-state index contributed by atoms with van der Waals surface area (Å²) in [5, 5.41) is 0. The molecule has 9 nitrogen and oxygen atoms in total. The minimum atomic E-state index is -3.83. The number of benzene rings is 1. The van der Waals surface area contributed by atoms with Gasteiger partial charge in [-0.1, -0.05) is 12.5 Å². The van der Waals surface area contributed by atoms with Crippen molar-refractivity contribution >= 4 is 33.1 Å². The molecule has 1 fully saturated rings. The Hall–Kier alpha value is -2.17. The second kappa shape index (κ2) is 5.80. The predicted molar refractivity (Wildman–Crippen MR) is 85.5 cm³/mol. The zero-order chi connectivity index (χ0) is 16.6. The molecule has 1 saturated heterocycles. The second-order valence-electron chi connectivity index (χ2n) is 5.35. The number of nitrogens with one attached hydrogen (secondary N) is 1. The first-order valence-corrected chi connectivity index (χ1v) is 8.65. The maximum absolute atomic E-state index is 12.9. The summed E-state index contributed by atoms with van der Waals surface area (Å²) in [6.45, 7) is 0.898. The Morgan fingerprint density at radius 2 is 1.91 bits per heavy atom. The number of piperidine rings is 1. The Kier molecular flexibility index (Phi) is 3.96. The van der Waals surface area contributed by atoms with Crippen LogP contribution in [0.3, 0.4) is 0 Å². The molecule has 0 atom stereocenters. The molecule has 1 amide bonds. The molecule has 0 bridgehead atoms. The van der Waals surface area contributed by atoms with Crippen LogP contribution in [0.5, 0.6) is 0 Å². The fraction of sp³-hybridized carbons (Fsp3) is 0.385. The summed E-state index contributed by atoms with van der Waals surface area (Å²) in [6, 6.07) is 4.64. The molecule has 0 spiro atoms. The number of nitrogen functional groups attached to an aromatic ring is 2. The Morgan fingerprint density at radius 3 is 2.57 bits per heavy atom. The molecule has 0 aliphatic carbocycles. The monoisotopic (exact) mass is 338 g/mol. The summed E-state index contributed by atoms with van der Waals surface area (Å²) in [4.78, 5) is 15.9. The van der Waals surface area contributed by atoms with Gasteiger partial charge in [0.2, 0.25) is 5.95 Å². The van der Waals surface area contributed by atoms with E-state index in [0.29, 0.717) is 13.1 Å². The molecule has 124 valence electrons. The number of nitrogens with two attached hydrogens (primary N) is 2. The molecular weight excluding hydrogens is 320 g/mol. The number of nitrogens with zero attached hydrogens (tertiary/aromatic N) is 3. The van der Waals surface area contributed by atoms with Crippen LogP contribution < -0.4 is 17.0 Å². The fourth-order valence-corrected chi connectivity index (χ4v) is 4.43. The molecule has 0 saturated carbocycles. The van der Waals surface area contributed by atoms with Gasteiger partial charge in [-0.3, -0.25) is 10.2 Å². The van der Waals surface area contributed by atoms with Crippen LogP contribution in [0.4, 0.5) is 5.95 Å². The van der Waals surface area contributed by atoms with Crippen molar-refractivity contribution < 1.29 is 13.2 Å². The van der Waals surface area contributed by atoms with Gasteiger partial charge in [0.1, 0.15) is 5.52 Å². The number of carbonyl (C=O) groups excluding carboxylic acids is 1. The lowest BCUT2D eigenvalue weighted by Gasteiger charge is -2.26. The number of amides is 1. The van der Waals surface area contributed by atoms with Crippen molar-refractivity contribution in [3.8, 4) is 0 Å². The molecule has 2 aromatic rings. The summed E-state index contributed by atoms with van der Waals surface area (Å²) in [5.41, 5.74) is 8.49. The van der Waals surface area contributed by atoms with Crippen molar-refractivity contribution in [1.29, 1.82) is 0 Å². The standard InChI is InChI=1S/C13H18N6O3S/c14-13-16-11-9(12(20)17-15)5-4-6-10(11)19(13)23(21,22)18-7-2-1-3-8-18/h4-6H,1-3,7-8,15H2,(H2,14,16)(H,17,20). The van der Waals surface area contributed by atoms with Gasteiger partial charge in [-0.25, -0.2) is 10.8 Å². The van der Waals surface area contributed by atoms with Gasteiger partial charge in [0.25, 0.3) is 5.91 Å². The molecule has 10 heteroatoms. The number of para-hydroxylation sites is 1. The highest BCUT2D eigenvalue weighted by atomic mass is 32.2. The molecule has 0 radical (unpaired) electrons. The van der Waals surface area contributed by atoms with E-state index in [9.17, 15) is 13.2 Å². The first-order valence-electron chi connectivity index (χ1n) is 7.25. The molecular formula is C13H18N6O3S. The Labute approximate surface area is 133 Å². The van der Waals surface area contributed by atoms with Crippen LogP contribution in [0, 0.1) is 0 Å². The highest BCUT2D eigenvalue weighted by Gasteiger charge is 2.30. The van der Waals surface area contributed by atoms with Gasteiger partial charge >= 0.3 is 10.2 Å². The van der Waals surface area contributed by atoms with Gasteiger partial charge in [0, 0.05) is 13.1 Å². The molecule has 0 unspecified atom stereocenters. The van der Waals surface area contributed by atoms with Gasteiger partial charge in [-0.2, -0.15) is 16.7 Å². The van der Waals surface area contributed by atoms with Crippen LogP contribution in [0.25, 0.3) is 11.0 Å². The Bertz CT molecular complexity index is 854. The maximum atomic E-state index is 12.9. The van der Waals surface area contributed by atoms with Crippen LogP contribution in [0.15, 0.2) is 18.2 Å². The van der Waals surface area contributed by atoms with E-state index >= 15 is 0 Å². The lowest BCUT2D eigenvalue weighted by molar-refractivity contribution is 0.0955. The van der Waals surface area contributed by atoms with E-state index in [-0.39, 0.29) is 22.5 Å². The molecule has 3 rings (SSSR count). The van der Waals surface area contributed by atoms with Crippen molar-refractivity contribution in [2.24, 2.45) is 5.84 Å². The number of aromatic nitrogens is 2. The molecule has 1 aromatic carbocycles. The lowest BCUT2D eigenvalue weighted by Crippen LogP contribution is -2.39. The lowest BCUT2D eigenvalue weighted by atomic mass is 10.2. The number of rotatable bonds is 3. The van der Waals surface area contributed by atoms with E-state index in [1.165, 1.54) is 10.4 Å². The highest BCUT2D eigenvalue weighted by molar-refractivity contribution is 7.87. The molecule has 1 aliphatic heterocycles. The molecule has 1 aromatic heterocycles. The normalized spacial score (nSPS) is 16.6. The third-order valence-electron chi connectivity index (χ3n) is 3.92. The minimum absolute atomic E-state index is 0.171. The average Bonchev–Trinajstić information content (AvgIpc) is 2.91. The van der Waals surface area contributed by atoms with Gasteiger partial charge in [-0.05, 0) is 25.0 Å². The summed E-state index contributed by atoms with van der Waals surface area (Å²) >= 11 is 0. The fourth-order valence-electron chi connectivity index (χ4n) is 2.81.